The molecule has 0 saturated heterocycles. The molecule has 1 aromatic rings. The lowest BCUT2D eigenvalue weighted by atomic mass is 10.7. The molecular formula is C4H5NO2S. The molecule has 0 spiro atoms. The number of thiophene rings is 1. The second-order valence-corrected chi connectivity index (χ2v) is 2.02. The zero-order valence-corrected chi connectivity index (χ0v) is 4.85. The zero-order chi connectivity index (χ0) is 5.82. The van der Waals surface area contributed by atoms with Gasteiger partial charge in [0.05, 0.1) is 0 Å². The maximum absolute atomic E-state index is 4.60. The van der Waals surface area contributed by atoms with Crippen molar-refractivity contribution < 1.29 is 9.88 Å². The van der Waals surface area contributed by atoms with Crippen LogP contribution < -0.4 is 10.8 Å². The van der Waals surface area contributed by atoms with Gasteiger partial charge in [0.25, 0.3) is 0 Å². The predicted molar refractivity (Wildman–Crippen MR) is 30.2 cm³/mol. The lowest BCUT2D eigenvalue weighted by Crippen LogP contribution is -2.01. The second kappa shape index (κ2) is 2.66. The highest BCUT2D eigenvalue weighted by atomic mass is 32.1. The van der Waals surface area contributed by atoms with Crippen molar-refractivity contribution in [2.24, 2.45) is 5.90 Å². The van der Waals surface area contributed by atoms with Gasteiger partial charge in [0.2, 0.25) is 5.06 Å². The summed E-state index contributed by atoms with van der Waals surface area (Å²) in [6.45, 7) is 0. The highest BCUT2D eigenvalue weighted by Crippen LogP contribution is 2.17. The molecule has 4 heteroatoms. The molecule has 2 N–H and O–H groups in total. The predicted octanol–water partition coefficient (Wildman–Crippen LogP) is 0.932. The first-order valence-electron chi connectivity index (χ1n) is 2.00. The van der Waals surface area contributed by atoms with Gasteiger partial charge < -0.3 is 4.89 Å². The van der Waals surface area contributed by atoms with E-state index in [1.54, 1.807) is 6.07 Å². The first-order chi connectivity index (χ1) is 3.93. The summed E-state index contributed by atoms with van der Waals surface area (Å²) in [5.41, 5.74) is 0. The standard InChI is InChI=1S/C4H5NO2S/c5-7-6-4-2-1-3-8-4/h1-3H,5H2. The third kappa shape index (κ3) is 1.19. The quantitative estimate of drug-likeness (QED) is 0.479. The number of nitrogens with two attached hydrogens (primary N) is 1. The first-order valence-corrected chi connectivity index (χ1v) is 2.88. The van der Waals surface area contributed by atoms with Crippen molar-refractivity contribution >= 4 is 11.3 Å². The molecule has 3 nitrogen and oxygen atoms in total. The normalized spacial score (nSPS) is 9.12. The van der Waals surface area contributed by atoms with Crippen LogP contribution in [-0.4, -0.2) is 0 Å². The number of hydrogen-bond donors (Lipinski definition) is 1. The monoisotopic (exact) mass is 131 g/mol. The van der Waals surface area contributed by atoms with Crippen molar-refractivity contribution in [1.29, 1.82) is 0 Å². The summed E-state index contributed by atoms with van der Waals surface area (Å²) in [5, 5.41) is 2.53. The van der Waals surface area contributed by atoms with Gasteiger partial charge in [0, 0.05) is 0 Å². The average molecular weight is 131 g/mol. The van der Waals surface area contributed by atoms with Crippen LogP contribution in [-0.2, 0) is 4.99 Å². The summed E-state index contributed by atoms with van der Waals surface area (Å²) in [6, 6.07) is 3.61. The van der Waals surface area contributed by atoms with Gasteiger partial charge >= 0.3 is 0 Å². The van der Waals surface area contributed by atoms with Crippen LogP contribution in [0.25, 0.3) is 0 Å². The Labute approximate surface area is 50.5 Å². The Hall–Kier alpha value is -0.580. The van der Waals surface area contributed by atoms with E-state index < -0.39 is 0 Å². The molecule has 0 saturated carbocycles. The summed E-state index contributed by atoms with van der Waals surface area (Å²) in [7, 11) is 0. The van der Waals surface area contributed by atoms with E-state index in [9.17, 15) is 0 Å². The molecule has 0 amide bonds. The number of hydrogen-bond acceptors (Lipinski definition) is 4. The van der Waals surface area contributed by atoms with Crippen LogP contribution in [0.3, 0.4) is 0 Å². The molecule has 1 rings (SSSR count). The largest absolute Gasteiger partial charge is 0.308 e. The molecule has 0 bridgehead atoms. The van der Waals surface area contributed by atoms with Gasteiger partial charge in [-0.3, -0.25) is 0 Å². The maximum Gasteiger partial charge on any atom is 0.221 e. The summed E-state index contributed by atoms with van der Waals surface area (Å²) >= 11 is 1.42. The topological polar surface area (TPSA) is 44.5 Å². The van der Waals surface area contributed by atoms with E-state index in [0.29, 0.717) is 5.06 Å². The van der Waals surface area contributed by atoms with Crippen LogP contribution >= 0.6 is 11.3 Å². The van der Waals surface area contributed by atoms with E-state index in [2.05, 4.69) is 15.8 Å². The third-order valence-corrected chi connectivity index (χ3v) is 1.35. The highest BCUT2D eigenvalue weighted by molar-refractivity contribution is 7.11. The van der Waals surface area contributed by atoms with Gasteiger partial charge in [-0.15, -0.1) is 11.3 Å². The zero-order valence-electron chi connectivity index (χ0n) is 4.03. The summed E-state index contributed by atoms with van der Waals surface area (Å²) in [5.74, 6) is 4.60. The van der Waals surface area contributed by atoms with Crippen molar-refractivity contribution in [2.45, 2.75) is 0 Å². The molecule has 0 aliphatic rings. The van der Waals surface area contributed by atoms with E-state index >= 15 is 0 Å². The Bertz CT molecular complexity index is 140. The van der Waals surface area contributed by atoms with Crippen LogP contribution in [0, 0.1) is 0 Å². The van der Waals surface area contributed by atoms with Crippen molar-refractivity contribution in [3.8, 4) is 5.06 Å². The fraction of sp³-hybridized carbons (Fsp3) is 0. The highest BCUT2D eigenvalue weighted by Gasteiger charge is 1.89. The fourth-order valence-electron chi connectivity index (χ4n) is 0.358. The minimum Gasteiger partial charge on any atom is -0.308 e. The Morgan fingerprint density at radius 2 is 2.50 bits per heavy atom. The molecule has 0 radical (unpaired) electrons. The second-order valence-electron chi connectivity index (χ2n) is 1.11. The molecular weight excluding hydrogens is 126 g/mol. The SMILES string of the molecule is NOOc1cccs1. The Kier molecular flexibility index (Phi) is 1.85. The lowest BCUT2D eigenvalue weighted by Gasteiger charge is -1.90. The van der Waals surface area contributed by atoms with E-state index in [0.717, 1.165) is 0 Å². The minimum absolute atomic E-state index is 0.660. The Morgan fingerprint density at radius 3 is 3.00 bits per heavy atom. The van der Waals surface area contributed by atoms with Gasteiger partial charge in [-0.2, -0.15) is 5.90 Å². The first kappa shape index (κ1) is 5.55. The molecule has 1 aromatic heterocycles. The molecule has 0 aliphatic carbocycles. The van der Waals surface area contributed by atoms with Crippen molar-refractivity contribution in [2.75, 3.05) is 0 Å². The van der Waals surface area contributed by atoms with E-state index in [4.69, 9.17) is 0 Å². The molecule has 8 heavy (non-hydrogen) atoms. The smallest absolute Gasteiger partial charge is 0.221 e. The van der Waals surface area contributed by atoms with Crippen molar-refractivity contribution in [3.63, 3.8) is 0 Å². The van der Waals surface area contributed by atoms with Crippen LogP contribution in [0.4, 0.5) is 0 Å². The van der Waals surface area contributed by atoms with Crippen LogP contribution in [0.15, 0.2) is 17.5 Å². The van der Waals surface area contributed by atoms with Gasteiger partial charge in [-0.25, -0.2) is 0 Å². The fourth-order valence-corrected chi connectivity index (χ4v) is 0.885. The number of rotatable bonds is 2. The lowest BCUT2D eigenvalue weighted by molar-refractivity contribution is -0.208. The van der Waals surface area contributed by atoms with E-state index in [-0.39, 0.29) is 0 Å². The Morgan fingerprint density at radius 1 is 1.62 bits per heavy atom. The third-order valence-electron chi connectivity index (χ3n) is 0.625. The van der Waals surface area contributed by atoms with Crippen LogP contribution in [0.5, 0.6) is 5.06 Å². The molecule has 0 aliphatic heterocycles. The van der Waals surface area contributed by atoms with E-state index in [1.165, 1.54) is 11.3 Å². The maximum atomic E-state index is 4.60. The van der Waals surface area contributed by atoms with Gasteiger partial charge in [0.15, 0.2) is 0 Å². The summed E-state index contributed by atoms with van der Waals surface area (Å²) < 4.78 is 0. The van der Waals surface area contributed by atoms with Crippen molar-refractivity contribution in [3.05, 3.63) is 17.5 Å². The molecule has 44 valence electrons. The van der Waals surface area contributed by atoms with Gasteiger partial charge in [0.1, 0.15) is 0 Å². The average Bonchev–Trinajstić information content (AvgIpc) is 2.19. The van der Waals surface area contributed by atoms with Crippen molar-refractivity contribution in [1.82, 2.24) is 0 Å². The Balaban J connectivity index is 2.50. The van der Waals surface area contributed by atoms with Gasteiger partial charge in [-0.05, 0) is 17.5 Å². The van der Waals surface area contributed by atoms with Crippen LogP contribution in [0.2, 0.25) is 0 Å². The van der Waals surface area contributed by atoms with Gasteiger partial charge in [-0.1, -0.05) is 4.99 Å². The minimum atomic E-state index is 0.660. The molecule has 0 aromatic carbocycles. The molecule has 0 fully saturated rings. The molecule has 0 unspecified atom stereocenters. The van der Waals surface area contributed by atoms with E-state index in [1.807, 2.05) is 11.4 Å². The molecule has 1 heterocycles. The van der Waals surface area contributed by atoms with Crippen LogP contribution in [0.1, 0.15) is 0 Å². The molecule has 0 atom stereocenters. The summed E-state index contributed by atoms with van der Waals surface area (Å²) in [6.07, 6.45) is 0. The summed E-state index contributed by atoms with van der Waals surface area (Å²) in [4.78, 5) is 8.34.